The largest absolute Gasteiger partial charge is 0.269 e. The highest BCUT2D eigenvalue weighted by molar-refractivity contribution is 6.08. The number of nitriles is 1. The molecule has 204 valence electrons. The Balaban J connectivity index is 1.53. The molecule has 0 radical (unpaired) electrons. The molecule has 1 atom stereocenters. The number of aromatic nitrogens is 2. The van der Waals surface area contributed by atoms with Gasteiger partial charge < -0.3 is 0 Å². The molecule has 4 aromatic carbocycles. The fraction of sp³-hybridized carbons (Fsp3) is 0.103. The van der Waals surface area contributed by atoms with Crippen LogP contribution in [0.15, 0.2) is 120 Å². The minimum absolute atomic E-state index is 0.0348. The van der Waals surface area contributed by atoms with Gasteiger partial charge in [-0.25, -0.2) is 4.98 Å². The minimum Gasteiger partial charge on any atom is -0.269 e. The smallest absolute Gasteiger partial charge is 0.260 e. The van der Waals surface area contributed by atoms with Crippen molar-refractivity contribution in [2.24, 2.45) is 5.41 Å². The maximum atomic E-state index is 14.6. The van der Waals surface area contributed by atoms with Crippen LogP contribution in [0.25, 0.3) is 56.2 Å². The first-order valence-corrected chi connectivity index (χ1v) is 14.6. The number of hydrogen-bond acceptors (Lipinski definition) is 3. The summed E-state index contributed by atoms with van der Waals surface area (Å²) in [6, 6.07) is 37.4. The van der Waals surface area contributed by atoms with E-state index in [9.17, 15) is 10.1 Å². The number of pyridine rings is 1. The Morgan fingerprint density at radius 1 is 0.791 bits per heavy atom. The normalized spacial score (nSPS) is 17.4. The molecule has 43 heavy (non-hydrogen) atoms. The summed E-state index contributed by atoms with van der Waals surface area (Å²) in [5, 5.41) is 11.3. The number of imidazole rings is 1. The summed E-state index contributed by atoms with van der Waals surface area (Å²) in [6.45, 7) is 1.94. The number of allylic oxidation sites excluding steroid dienone is 4. The summed E-state index contributed by atoms with van der Waals surface area (Å²) in [5.74, 6) is 0. The van der Waals surface area contributed by atoms with Gasteiger partial charge in [0.15, 0.2) is 0 Å². The standard InChI is InChI=1S/C39H27N3O/c1-39(24-40)22-32(27-16-9-4-10-17-27)29-18-11-19-30-35(29)33(23-39)37-41-36-31(26-14-7-3-8-15-26)20-28(25-12-5-2-6-13-25)21-34(36)42(37)38(30)43/h2-10,12-18,20-23H,11,19H2,1H3. The first kappa shape index (κ1) is 25.2. The third-order valence-electron chi connectivity index (χ3n) is 8.74. The SMILES string of the molecule is CC1(C#N)C=C(c2ccccc2)C2=CCCc3c2c(c2nc4c(-c5ccccc5)cc(-c5ccccc5)cc4n2c3=O)=C1. The molecule has 1 unspecified atom stereocenters. The second-order valence-corrected chi connectivity index (χ2v) is 11.6. The molecule has 0 spiro atoms. The van der Waals surface area contributed by atoms with Gasteiger partial charge in [0.05, 0.1) is 22.5 Å². The Labute approximate surface area is 249 Å². The maximum absolute atomic E-state index is 14.6. The molecule has 2 heterocycles. The van der Waals surface area contributed by atoms with Crippen molar-refractivity contribution >= 4 is 33.9 Å². The van der Waals surface area contributed by atoms with E-state index in [1.807, 2.05) is 67.6 Å². The summed E-state index contributed by atoms with van der Waals surface area (Å²) in [7, 11) is 0. The molecule has 2 aliphatic rings. The molecule has 8 rings (SSSR count). The lowest BCUT2D eigenvalue weighted by molar-refractivity contribution is 0.787. The number of benzene rings is 4. The van der Waals surface area contributed by atoms with Crippen LogP contribution in [0, 0.1) is 16.7 Å². The molecule has 0 saturated carbocycles. The van der Waals surface area contributed by atoms with E-state index in [-0.39, 0.29) is 5.56 Å². The minimum atomic E-state index is -0.905. The summed E-state index contributed by atoms with van der Waals surface area (Å²) in [4.78, 5) is 19.8. The Hall–Kier alpha value is -5.53. The van der Waals surface area contributed by atoms with Crippen molar-refractivity contribution in [3.8, 4) is 28.3 Å². The van der Waals surface area contributed by atoms with Crippen LogP contribution in [0.4, 0.5) is 0 Å². The first-order chi connectivity index (χ1) is 21.0. The summed E-state index contributed by atoms with van der Waals surface area (Å²) in [6.07, 6.45) is 7.69. The van der Waals surface area contributed by atoms with E-state index in [4.69, 9.17) is 4.98 Å². The van der Waals surface area contributed by atoms with Crippen LogP contribution in [0.3, 0.4) is 0 Å². The Morgan fingerprint density at radius 3 is 2.12 bits per heavy atom. The van der Waals surface area contributed by atoms with E-state index in [0.717, 1.165) is 72.8 Å². The highest BCUT2D eigenvalue weighted by atomic mass is 16.1. The fourth-order valence-corrected chi connectivity index (χ4v) is 6.74. The van der Waals surface area contributed by atoms with E-state index >= 15 is 0 Å². The highest BCUT2D eigenvalue weighted by Gasteiger charge is 2.31. The number of fused-ring (bicyclic) bond motifs is 4. The van der Waals surface area contributed by atoms with Crippen molar-refractivity contribution in [1.82, 2.24) is 9.38 Å². The monoisotopic (exact) mass is 553 g/mol. The Morgan fingerprint density at radius 2 is 1.44 bits per heavy atom. The second-order valence-electron chi connectivity index (χ2n) is 11.6. The zero-order chi connectivity index (χ0) is 29.1. The van der Waals surface area contributed by atoms with Crippen molar-refractivity contribution in [3.63, 3.8) is 0 Å². The van der Waals surface area contributed by atoms with Crippen LogP contribution in [-0.2, 0) is 6.42 Å². The van der Waals surface area contributed by atoms with E-state index in [2.05, 4.69) is 66.8 Å². The van der Waals surface area contributed by atoms with Crippen LogP contribution in [0.1, 0.15) is 30.0 Å². The zero-order valence-electron chi connectivity index (χ0n) is 23.7. The van der Waals surface area contributed by atoms with Crippen molar-refractivity contribution in [2.45, 2.75) is 19.8 Å². The van der Waals surface area contributed by atoms with Gasteiger partial charge in [-0.15, -0.1) is 0 Å². The average Bonchev–Trinajstić information content (AvgIpc) is 3.39. The van der Waals surface area contributed by atoms with Gasteiger partial charge in [-0.05, 0) is 71.4 Å². The molecule has 0 aliphatic heterocycles. The lowest BCUT2D eigenvalue weighted by atomic mass is 9.83. The van der Waals surface area contributed by atoms with Crippen LogP contribution in [-0.4, -0.2) is 9.38 Å². The lowest BCUT2D eigenvalue weighted by Crippen LogP contribution is -2.30. The van der Waals surface area contributed by atoms with Gasteiger partial charge in [0.2, 0.25) is 0 Å². The van der Waals surface area contributed by atoms with Crippen LogP contribution in [0.5, 0.6) is 0 Å². The molecule has 0 fully saturated rings. The van der Waals surface area contributed by atoms with Crippen LogP contribution in [0.2, 0.25) is 0 Å². The fourth-order valence-electron chi connectivity index (χ4n) is 6.74. The molecular weight excluding hydrogens is 526 g/mol. The van der Waals surface area contributed by atoms with Crippen molar-refractivity contribution in [2.75, 3.05) is 0 Å². The molecule has 2 aliphatic carbocycles. The van der Waals surface area contributed by atoms with Crippen LogP contribution >= 0.6 is 0 Å². The van der Waals surface area contributed by atoms with Gasteiger partial charge in [-0.1, -0.05) is 103 Å². The Bertz CT molecular complexity index is 2310. The number of nitrogens with zero attached hydrogens (tertiary/aromatic N) is 3. The summed E-state index contributed by atoms with van der Waals surface area (Å²) < 4.78 is 1.80. The predicted octanol–water partition coefficient (Wildman–Crippen LogP) is 7.64. The van der Waals surface area contributed by atoms with Crippen molar-refractivity contribution in [1.29, 1.82) is 5.26 Å². The number of hydrogen-bond donors (Lipinski definition) is 0. The maximum Gasteiger partial charge on any atom is 0.260 e. The molecule has 4 nitrogen and oxygen atoms in total. The summed E-state index contributed by atoms with van der Waals surface area (Å²) in [5.41, 5.74) is 10.0. The Kier molecular flexibility index (Phi) is 5.57. The predicted molar refractivity (Wildman–Crippen MR) is 174 cm³/mol. The van der Waals surface area contributed by atoms with Gasteiger partial charge in [0.1, 0.15) is 5.65 Å². The van der Waals surface area contributed by atoms with E-state index in [0.29, 0.717) is 12.1 Å². The quantitative estimate of drug-likeness (QED) is 0.226. The topological polar surface area (TPSA) is 58.2 Å². The van der Waals surface area contributed by atoms with Gasteiger partial charge in [0, 0.05) is 21.9 Å². The van der Waals surface area contributed by atoms with Crippen molar-refractivity contribution < 1.29 is 0 Å². The molecule has 0 saturated heterocycles. The van der Waals surface area contributed by atoms with Gasteiger partial charge in [0.25, 0.3) is 5.56 Å². The van der Waals surface area contributed by atoms with Crippen molar-refractivity contribution in [3.05, 3.63) is 148 Å². The molecule has 4 heteroatoms. The third-order valence-corrected chi connectivity index (χ3v) is 8.74. The van der Waals surface area contributed by atoms with E-state index < -0.39 is 5.41 Å². The summed E-state index contributed by atoms with van der Waals surface area (Å²) >= 11 is 0. The molecule has 0 amide bonds. The zero-order valence-corrected chi connectivity index (χ0v) is 23.7. The van der Waals surface area contributed by atoms with E-state index in [1.165, 1.54) is 0 Å². The molecule has 0 N–H and O–H groups in total. The molecule has 6 aromatic rings. The van der Waals surface area contributed by atoms with Gasteiger partial charge in [-0.3, -0.25) is 9.20 Å². The molecule has 0 bridgehead atoms. The second kappa shape index (κ2) is 9.51. The average molecular weight is 554 g/mol. The number of rotatable bonds is 3. The highest BCUT2D eigenvalue weighted by Crippen LogP contribution is 2.41. The van der Waals surface area contributed by atoms with E-state index in [1.54, 1.807) is 4.40 Å². The first-order valence-electron chi connectivity index (χ1n) is 14.6. The van der Waals surface area contributed by atoms with Gasteiger partial charge >= 0.3 is 0 Å². The molecular formula is C39H27N3O. The third kappa shape index (κ3) is 3.90. The van der Waals surface area contributed by atoms with Crippen LogP contribution < -0.4 is 10.8 Å². The lowest BCUT2D eigenvalue weighted by Gasteiger charge is -2.20. The molecule has 2 aromatic heterocycles. The van der Waals surface area contributed by atoms with Gasteiger partial charge in [-0.2, -0.15) is 5.26 Å².